The largest absolute Gasteiger partial charge is 0.310 e. The highest BCUT2D eigenvalue weighted by Gasteiger charge is 2.15. The molecule has 0 unspecified atom stereocenters. The molecule has 1 aromatic rings. The summed E-state index contributed by atoms with van der Waals surface area (Å²) in [5, 5.41) is 2.45. The van der Waals surface area contributed by atoms with Gasteiger partial charge in [-0.1, -0.05) is 13.0 Å². The number of nitrogens with one attached hydrogen (secondary N) is 1. The fraction of sp³-hybridized carbons (Fsp3) is 0.455. The molecular formula is C11H16N2O3S. The van der Waals surface area contributed by atoms with Crippen LogP contribution in [0.1, 0.15) is 18.9 Å². The molecule has 1 N–H and O–H groups in total. The number of anilines is 1. The molecule has 0 saturated carbocycles. The van der Waals surface area contributed by atoms with Crippen molar-refractivity contribution < 1.29 is 13.2 Å². The Bertz CT molecular complexity index is 480. The normalized spacial score (nSPS) is 11.2. The van der Waals surface area contributed by atoms with Gasteiger partial charge in [0.1, 0.15) is 11.6 Å². The molecule has 0 aliphatic heterocycles. The van der Waals surface area contributed by atoms with Gasteiger partial charge < -0.3 is 5.32 Å². The van der Waals surface area contributed by atoms with Gasteiger partial charge in [-0.3, -0.25) is 4.79 Å². The highest BCUT2D eigenvalue weighted by molar-refractivity contribution is 7.92. The molecule has 1 aromatic heterocycles. The number of sulfone groups is 1. The van der Waals surface area contributed by atoms with E-state index in [1.807, 2.05) is 6.92 Å². The van der Waals surface area contributed by atoms with Crippen molar-refractivity contribution in [2.45, 2.75) is 20.3 Å². The minimum atomic E-state index is -3.30. The van der Waals surface area contributed by atoms with Gasteiger partial charge in [0.15, 0.2) is 9.84 Å². The molecule has 5 nitrogen and oxygen atoms in total. The lowest BCUT2D eigenvalue weighted by molar-refractivity contribution is -0.113. The predicted molar refractivity (Wildman–Crippen MR) is 66.5 cm³/mol. The number of rotatable bonds is 5. The minimum Gasteiger partial charge on any atom is -0.310 e. The van der Waals surface area contributed by atoms with Crippen molar-refractivity contribution >= 4 is 21.6 Å². The molecule has 1 heterocycles. The number of pyridine rings is 1. The molecule has 0 aromatic carbocycles. The van der Waals surface area contributed by atoms with Gasteiger partial charge in [-0.25, -0.2) is 13.4 Å². The summed E-state index contributed by atoms with van der Waals surface area (Å²) >= 11 is 0. The summed E-state index contributed by atoms with van der Waals surface area (Å²) in [5.74, 6) is -0.639. The lowest BCUT2D eigenvalue weighted by atomic mass is 10.3. The first-order valence-electron chi connectivity index (χ1n) is 5.36. The summed E-state index contributed by atoms with van der Waals surface area (Å²) < 4.78 is 22.8. The molecule has 0 aliphatic rings. The van der Waals surface area contributed by atoms with E-state index in [2.05, 4.69) is 10.3 Å². The SMILES string of the molecule is CCCS(=O)(=O)CC(=O)Nc1ccc(C)cn1. The second-order valence-corrected chi connectivity index (χ2v) is 6.05. The van der Waals surface area contributed by atoms with Crippen LogP contribution in [-0.4, -0.2) is 30.8 Å². The Morgan fingerprint density at radius 2 is 2.12 bits per heavy atom. The van der Waals surface area contributed by atoms with E-state index in [9.17, 15) is 13.2 Å². The third kappa shape index (κ3) is 4.95. The second-order valence-electron chi connectivity index (χ2n) is 3.86. The Morgan fingerprint density at radius 3 is 2.65 bits per heavy atom. The molecule has 0 atom stereocenters. The Balaban J connectivity index is 2.59. The van der Waals surface area contributed by atoms with Gasteiger partial charge >= 0.3 is 0 Å². The van der Waals surface area contributed by atoms with Crippen LogP contribution in [0.4, 0.5) is 5.82 Å². The van der Waals surface area contributed by atoms with Crippen molar-refractivity contribution in [1.29, 1.82) is 0 Å². The molecule has 94 valence electrons. The van der Waals surface area contributed by atoms with Crippen LogP contribution in [0.25, 0.3) is 0 Å². The van der Waals surface area contributed by atoms with Crippen LogP contribution in [0.15, 0.2) is 18.3 Å². The molecule has 0 aliphatic carbocycles. The number of aromatic nitrogens is 1. The maximum Gasteiger partial charge on any atom is 0.240 e. The Hall–Kier alpha value is -1.43. The Labute approximate surface area is 101 Å². The molecular weight excluding hydrogens is 240 g/mol. The summed E-state index contributed by atoms with van der Waals surface area (Å²) in [6, 6.07) is 3.43. The lowest BCUT2D eigenvalue weighted by Gasteiger charge is -2.05. The third-order valence-electron chi connectivity index (χ3n) is 2.04. The number of amides is 1. The van der Waals surface area contributed by atoms with E-state index in [-0.39, 0.29) is 5.75 Å². The van der Waals surface area contributed by atoms with Crippen LogP contribution in [0.3, 0.4) is 0 Å². The molecule has 0 bridgehead atoms. The third-order valence-corrected chi connectivity index (χ3v) is 3.78. The van der Waals surface area contributed by atoms with Gasteiger partial charge in [0.05, 0.1) is 5.75 Å². The van der Waals surface area contributed by atoms with E-state index in [4.69, 9.17) is 0 Å². The zero-order valence-electron chi connectivity index (χ0n) is 9.93. The van der Waals surface area contributed by atoms with E-state index < -0.39 is 21.5 Å². The Morgan fingerprint density at radius 1 is 1.41 bits per heavy atom. The van der Waals surface area contributed by atoms with Gasteiger partial charge in [-0.2, -0.15) is 0 Å². The topological polar surface area (TPSA) is 76.1 Å². The maximum atomic E-state index is 11.5. The van der Waals surface area contributed by atoms with Gasteiger partial charge in [0, 0.05) is 6.20 Å². The smallest absolute Gasteiger partial charge is 0.240 e. The molecule has 1 rings (SSSR count). The summed E-state index contributed by atoms with van der Waals surface area (Å²) in [7, 11) is -3.30. The maximum absolute atomic E-state index is 11.5. The van der Waals surface area contributed by atoms with Gasteiger partial charge in [-0.05, 0) is 25.0 Å². The molecule has 6 heteroatoms. The second kappa shape index (κ2) is 5.77. The molecule has 17 heavy (non-hydrogen) atoms. The lowest BCUT2D eigenvalue weighted by Crippen LogP contribution is -2.24. The number of nitrogens with zero attached hydrogens (tertiary/aromatic N) is 1. The zero-order chi connectivity index (χ0) is 12.9. The van der Waals surface area contributed by atoms with E-state index in [1.54, 1.807) is 25.3 Å². The van der Waals surface area contributed by atoms with Crippen molar-refractivity contribution in [3.63, 3.8) is 0 Å². The first-order valence-corrected chi connectivity index (χ1v) is 7.18. The van der Waals surface area contributed by atoms with Gasteiger partial charge in [0.25, 0.3) is 0 Å². The quantitative estimate of drug-likeness (QED) is 0.857. The van der Waals surface area contributed by atoms with Crippen LogP contribution >= 0.6 is 0 Å². The van der Waals surface area contributed by atoms with Gasteiger partial charge in [-0.15, -0.1) is 0 Å². The van der Waals surface area contributed by atoms with Crippen LogP contribution in [0.2, 0.25) is 0 Å². The van der Waals surface area contributed by atoms with Crippen molar-refractivity contribution in [2.24, 2.45) is 0 Å². The predicted octanol–water partition coefficient (Wildman–Crippen LogP) is 1.15. The van der Waals surface area contributed by atoms with E-state index >= 15 is 0 Å². The first-order chi connectivity index (χ1) is 7.93. The molecule has 0 fully saturated rings. The summed E-state index contributed by atoms with van der Waals surface area (Å²) in [6.45, 7) is 3.64. The number of carbonyl (C=O) groups is 1. The number of carbonyl (C=O) groups excluding carboxylic acids is 1. The van der Waals surface area contributed by atoms with E-state index in [0.717, 1.165) is 5.56 Å². The van der Waals surface area contributed by atoms with Crippen LogP contribution in [0, 0.1) is 6.92 Å². The summed E-state index contributed by atoms with van der Waals surface area (Å²) in [4.78, 5) is 15.4. The monoisotopic (exact) mass is 256 g/mol. The highest BCUT2D eigenvalue weighted by Crippen LogP contribution is 2.04. The fourth-order valence-corrected chi connectivity index (χ4v) is 2.54. The van der Waals surface area contributed by atoms with Crippen molar-refractivity contribution in [2.75, 3.05) is 16.8 Å². The minimum absolute atomic E-state index is 0.0295. The molecule has 1 amide bonds. The zero-order valence-corrected chi connectivity index (χ0v) is 10.8. The van der Waals surface area contributed by atoms with Crippen LogP contribution < -0.4 is 5.32 Å². The molecule has 0 spiro atoms. The summed E-state index contributed by atoms with van der Waals surface area (Å²) in [6.07, 6.45) is 2.12. The number of hydrogen-bond donors (Lipinski definition) is 1. The number of hydrogen-bond acceptors (Lipinski definition) is 4. The average molecular weight is 256 g/mol. The average Bonchev–Trinajstić information content (AvgIpc) is 2.20. The Kier molecular flexibility index (Phi) is 4.62. The molecule has 0 saturated heterocycles. The summed E-state index contributed by atoms with van der Waals surface area (Å²) in [5.41, 5.74) is 0.974. The van der Waals surface area contributed by atoms with Crippen LogP contribution in [0.5, 0.6) is 0 Å². The highest BCUT2D eigenvalue weighted by atomic mass is 32.2. The van der Waals surface area contributed by atoms with E-state index in [0.29, 0.717) is 12.2 Å². The first kappa shape index (κ1) is 13.6. The molecule has 0 radical (unpaired) electrons. The standard InChI is InChI=1S/C11H16N2O3S/c1-3-6-17(15,16)8-11(14)13-10-5-4-9(2)7-12-10/h4-5,7H,3,6,8H2,1-2H3,(H,12,13,14). The van der Waals surface area contributed by atoms with E-state index in [1.165, 1.54) is 0 Å². The van der Waals surface area contributed by atoms with Crippen molar-refractivity contribution in [3.8, 4) is 0 Å². The fourth-order valence-electron chi connectivity index (χ4n) is 1.30. The van der Waals surface area contributed by atoms with Crippen molar-refractivity contribution in [3.05, 3.63) is 23.9 Å². The van der Waals surface area contributed by atoms with Gasteiger partial charge in [0.2, 0.25) is 5.91 Å². The number of aryl methyl sites for hydroxylation is 1. The van der Waals surface area contributed by atoms with Crippen LogP contribution in [-0.2, 0) is 14.6 Å². The van der Waals surface area contributed by atoms with Crippen molar-refractivity contribution in [1.82, 2.24) is 4.98 Å².